The number of ether oxygens (including phenoxy) is 1. The van der Waals surface area contributed by atoms with Gasteiger partial charge in [-0.3, -0.25) is 0 Å². The van der Waals surface area contributed by atoms with Crippen molar-refractivity contribution in [1.29, 1.82) is 0 Å². The molecule has 0 saturated heterocycles. The molecule has 110 valence electrons. The van der Waals surface area contributed by atoms with Gasteiger partial charge in [-0.1, -0.05) is 13.2 Å². The Balaban J connectivity index is 1.69. The van der Waals surface area contributed by atoms with Gasteiger partial charge in [-0.05, 0) is 88.0 Å². The zero-order valence-electron chi connectivity index (χ0n) is 12.9. The van der Waals surface area contributed by atoms with Gasteiger partial charge in [-0.25, -0.2) is 0 Å². The van der Waals surface area contributed by atoms with E-state index in [-0.39, 0.29) is 5.60 Å². The van der Waals surface area contributed by atoms with Crippen molar-refractivity contribution in [2.45, 2.75) is 70.3 Å². The molecule has 5 saturated carbocycles. The van der Waals surface area contributed by atoms with Crippen molar-refractivity contribution in [2.75, 3.05) is 0 Å². The molecular formula is C19H28O. The molecule has 0 aliphatic heterocycles. The van der Waals surface area contributed by atoms with Crippen LogP contribution in [0.1, 0.15) is 64.7 Å². The molecule has 1 nitrogen and oxygen atoms in total. The number of hydrogen-bond donors (Lipinski definition) is 0. The Morgan fingerprint density at radius 1 is 1.00 bits per heavy atom. The number of hydrogen-bond acceptors (Lipinski definition) is 1. The van der Waals surface area contributed by atoms with E-state index in [1.165, 1.54) is 57.8 Å². The monoisotopic (exact) mass is 272 g/mol. The molecule has 2 unspecified atom stereocenters. The Kier molecular flexibility index (Phi) is 2.69. The van der Waals surface area contributed by atoms with Crippen LogP contribution in [0.15, 0.2) is 24.5 Å². The van der Waals surface area contributed by atoms with Gasteiger partial charge in [0.1, 0.15) is 11.4 Å². The van der Waals surface area contributed by atoms with Crippen molar-refractivity contribution in [2.24, 2.45) is 23.2 Å². The van der Waals surface area contributed by atoms with E-state index in [0.29, 0.717) is 5.41 Å². The van der Waals surface area contributed by atoms with Crippen LogP contribution in [0.25, 0.3) is 0 Å². The van der Waals surface area contributed by atoms with Crippen LogP contribution in [0.5, 0.6) is 0 Å². The van der Waals surface area contributed by atoms with E-state index < -0.39 is 0 Å². The first-order valence-corrected chi connectivity index (χ1v) is 8.58. The largest absolute Gasteiger partial charge is 0.487 e. The highest BCUT2D eigenvalue weighted by atomic mass is 16.5. The Morgan fingerprint density at radius 3 is 2.15 bits per heavy atom. The second-order valence-corrected chi connectivity index (χ2v) is 8.21. The molecule has 5 rings (SSSR count). The third-order valence-electron chi connectivity index (χ3n) is 7.10. The molecule has 4 bridgehead atoms. The van der Waals surface area contributed by atoms with Gasteiger partial charge in [-0.15, -0.1) is 0 Å². The van der Waals surface area contributed by atoms with E-state index in [2.05, 4.69) is 13.2 Å². The van der Waals surface area contributed by atoms with E-state index >= 15 is 0 Å². The van der Waals surface area contributed by atoms with Gasteiger partial charge < -0.3 is 4.74 Å². The van der Waals surface area contributed by atoms with Crippen LogP contribution >= 0.6 is 0 Å². The SMILES string of the molecule is C=C(C)C(=C)OC1(C23CC4CC(CC2C4)C3)CCCC1. The highest BCUT2D eigenvalue weighted by molar-refractivity contribution is 5.22. The lowest BCUT2D eigenvalue weighted by atomic mass is 9.63. The highest BCUT2D eigenvalue weighted by Gasteiger charge is 2.67. The van der Waals surface area contributed by atoms with Crippen LogP contribution in [0.4, 0.5) is 0 Å². The van der Waals surface area contributed by atoms with Crippen LogP contribution in [0.2, 0.25) is 0 Å². The molecule has 1 heteroatoms. The molecule has 5 aliphatic rings. The highest BCUT2D eigenvalue weighted by Crippen LogP contribution is 2.72. The maximum atomic E-state index is 6.62. The summed E-state index contributed by atoms with van der Waals surface area (Å²) < 4.78 is 6.62. The van der Waals surface area contributed by atoms with Gasteiger partial charge in [0, 0.05) is 5.41 Å². The molecular weight excluding hydrogens is 244 g/mol. The first-order chi connectivity index (χ1) is 9.55. The average Bonchev–Trinajstić information content (AvgIpc) is 3.02. The summed E-state index contributed by atoms with van der Waals surface area (Å²) >= 11 is 0. The predicted molar refractivity (Wildman–Crippen MR) is 82.2 cm³/mol. The van der Waals surface area contributed by atoms with Crippen molar-refractivity contribution in [3.05, 3.63) is 24.5 Å². The van der Waals surface area contributed by atoms with Crippen LogP contribution in [-0.4, -0.2) is 5.60 Å². The number of allylic oxidation sites excluding steroid dienone is 1. The van der Waals surface area contributed by atoms with Gasteiger partial charge in [0.05, 0.1) is 0 Å². The molecule has 0 radical (unpaired) electrons. The summed E-state index contributed by atoms with van der Waals surface area (Å²) in [7, 11) is 0. The summed E-state index contributed by atoms with van der Waals surface area (Å²) in [4.78, 5) is 0. The summed E-state index contributed by atoms with van der Waals surface area (Å²) in [6.07, 6.45) is 12.6. The summed E-state index contributed by atoms with van der Waals surface area (Å²) in [6.45, 7) is 10.2. The molecule has 0 heterocycles. The summed E-state index contributed by atoms with van der Waals surface area (Å²) in [6, 6.07) is 0. The molecule has 0 spiro atoms. The molecule has 0 N–H and O–H groups in total. The fourth-order valence-corrected chi connectivity index (χ4v) is 6.51. The van der Waals surface area contributed by atoms with E-state index in [0.717, 1.165) is 29.1 Å². The minimum absolute atomic E-state index is 0.109. The quantitative estimate of drug-likeness (QED) is 0.503. The van der Waals surface area contributed by atoms with Crippen LogP contribution < -0.4 is 0 Å². The molecule has 0 aromatic carbocycles. The molecule has 5 fully saturated rings. The van der Waals surface area contributed by atoms with E-state index in [9.17, 15) is 0 Å². The molecule has 0 amide bonds. The van der Waals surface area contributed by atoms with Crippen molar-refractivity contribution in [3.8, 4) is 0 Å². The molecule has 2 atom stereocenters. The van der Waals surface area contributed by atoms with Crippen LogP contribution in [0, 0.1) is 23.2 Å². The van der Waals surface area contributed by atoms with Crippen LogP contribution in [-0.2, 0) is 4.74 Å². The molecule has 5 aliphatic carbocycles. The van der Waals surface area contributed by atoms with Crippen molar-refractivity contribution < 1.29 is 4.74 Å². The van der Waals surface area contributed by atoms with Gasteiger partial charge in [0.25, 0.3) is 0 Å². The Hall–Kier alpha value is -0.720. The van der Waals surface area contributed by atoms with Gasteiger partial charge in [0.15, 0.2) is 0 Å². The Bertz CT molecular complexity index is 440. The third-order valence-corrected chi connectivity index (χ3v) is 7.10. The van der Waals surface area contributed by atoms with Gasteiger partial charge in [-0.2, -0.15) is 0 Å². The third kappa shape index (κ3) is 1.55. The Morgan fingerprint density at radius 2 is 1.60 bits per heavy atom. The molecule has 0 aromatic heterocycles. The second-order valence-electron chi connectivity index (χ2n) is 8.21. The first kappa shape index (κ1) is 13.0. The minimum atomic E-state index is 0.109. The zero-order valence-corrected chi connectivity index (χ0v) is 12.9. The summed E-state index contributed by atoms with van der Waals surface area (Å²) in [5, 5.41) is 0. The maximum absolute atomic E-state index is 6.62. The van der Waals surface area contributed by atoms with Crippen molar-refractivity contribution in [3.63, 3.8) is 0 Å². The van der Waals surface area contributed by atoms with Crippen molar-refractivity contribution in [1.82, 2.24) is 0 Å². The maximum Gasteiger partial charge on any atom is 0.115 e. The summed E-state index contributed by atoms with van der Waals surface area (Å²) in [5.74, 6) is 3.81. The zero-order chi connectivity index (χ0) is 14.0. The van der Waals surface area contributed by atoms with E-state index in [1.54, 1.807) is 0 Å². The summed E-state index contributed by atoms with van der Waals surface area (Å²) in [5.41, 5.74) is 1.61. The lowest BCUT2D eigenvalue weighted by molar-refractivity contribution is -0.114. The van der Waals surface area contributed by atoms with Crippen LogP contribution in [0.3, 0.4) is 0 Å². The normalized spacial score (nSPS) is 44.0. The predicted octanol–water partition coefficient (Wildman–Crippen LogP) is 5.23. The topological polar surface area (TPSA) is 9.23 Å². The number of rotatable bonds is 4. The van der Waals surface area contributed by atoms with Gasteiger partial charge in [0.2, 0.25) is 0 Å². The Labute approximate surface area is 123 Å². The first-order valence-electron chi connectivity index (χ1n) is 8.58. The fourth-order valence-electron chi connectivity index (χ4n) is 6.51. The smallest absolute Gasteiger partial charge is 0.115 e. The second kappa shape index (κ2) is 4.15. The van der Waals surface area contributed by atoms with Gasteiger partial charge >= 0.3 is 0 Å². The lowest BCUT2D eigenvalue weighted by Gasteiger charge is -2.49. The average molecular weight is 272 g/mol. The minimum Gasteiger partial charge on any atom is -0.487 e. The lowest BCUT2D eigenvalue weighted by Crippen LogP contribution is -2.49. The molecule has 20 heavy (non-hydrogen) atoms. The standard InChI is InChI=1S/C19H28O/c1-13(2)14(3)20-19(6-4-5-7-19)18-11-15-8-16(12-18)10-17(18)9-15/h15-17H,1,3-12H2,2H3. The van der Waals surface area contributed by atoms with Crippen molar-refractivity contribution >= 4 is 0 Å². The van der Waals surface area contributed by atoms with E-state index in [1.807, 2.05) is 6.92 Å². The fraction of sp³-hybridized carbons (Fsp3) is 0.789. The van der Waals surface area contributed by atoms with E-state index in [4.69, 9.17) is 4.74 Å². The molecule has 0 aromatic rings.